The molecule has 1 atom stereocenters. The monoisotopic (exact) mass is 224 g/mol. The second kappa shape index (κ2) is 4.93. The smallest absolute Gasteiger partial charge is 0.129 e. The van der Waals surface area contributed by atoms with Crippen LogP contribution in [-0.2, 0) is 4.74 Å². The Balaban J connectivity index is 2.18. The summed E-state index contributed by atoms with van der Waals surface area (Å²) in [6, 6.07) is 4.87. The fraction of sp³-hybridized carbons (Fsp3) is 0.538. The van der Waals surface area contributed by atoms with Gasteiger partial charge in [-0.3, -0.25) is 0 Å². The molecule has 1 aromatic rings. The van der Waals surface area contributed by atoms with Crippen molar-refractivity contribution in [2.45, 2.75) is 25.9 Å². The molecule has 1 saturated heterocycles. The highest BCUT2D eigenvalue weighted by Gasteiger charge is 2.25. The molecule has 88 valence electrons. The van der Waals surface area contributed by atoms with Crippen molar-refractivity contribution >= 4 is 0 Å². The number of benzene rings is 1. The van der Waals surface area contributed by atoms with E-state index in [-0.39, 0.29) is 11.7 Å². The van der Waals surface area contributed by atoms with E-state index in [1.165, 1.54) is 6.07 Å². The van der Waals surface area contributed by atoms with Crippen LogP contribution in [0.3, 0.4) is 0 Å². The van der Waals surface area contributed by atoms with Crippen LogP contribution in [0.1, 0.15) is 30.1 Å². The molecule has 1 N–H and O–H groups in total. The predicted molar refractivity (Wildman–Crippen MR) is 59.6 cm³/mol. The van der Waals surface area contributed by atoms with Crippen molar-refractivity contribution in [2.75, 3.05) is 13.2 Å². The van der Waals surface area contributed by atoms with Crippen LogP contribution in [0.5, 0.6) is 0 Å². The average Bonchev–Trinajstić information content (AvgIpc) is 2.32. The number of hydrogen-bond donors (Lipinski definition) is 1. The van der Waals surface area contributed by atoms with Gasteiger partial charge in [0.1, 0.15) is 5.82 Å². The van der Waals surface area contributed by atoms with Gasteiger partial charge in [-0.25, -0.2) is 4.39 Å². The number of halogens is 1. The molecule has 0 aromatic heterocycles. The van der Waals surface area contributed by atoms with Crippen LogP contribution < -0.4 is 0 Å². The molecule has 1 fully saturated rings. The molecule has 1 aliphatic heterocycles. The molecule has 0 amide bonds. The van der Waals surface area contributed by atoms with E-state index < -0.39 is 6.10 Å². The quantitative estimate of drug-likeness (QED) is 0.836. The van der Waals surface area contributed by atoms with Crippen molar-refractivity contribution in [1.82, 2.24) is 0 Å². The van der Waals surface area contributed by atoms with Crippen LogP contribution in [0.15, 0.2) is 18.2 Å². The minimum Gasteiger partial charge on any atom is -0.388 e. The Morgan fingerprint density at radius 1 is 1.38 bits per heavy atom. The summed E-state index contributed by atoms with van der Waals surface area (Å²) in [6.45, 7) is 3.23. The molecule has 1 heterocycles. The van der Waals surface area contributed by atoms with Crippen molar-refractivity contribution in [3.63, 3.8) is 0 Å². The van der Waals surface area contributed by atoms with Crippen molar-refractivity contribution < 1.29 is 14.2 Å². The van der Waals surface area contributed by atoms with Gasteiger partial charge >= 0.3 is 0 Å². The van der Waals surface area contributed by atoms with Gasteiger partial charge in [-0.1, -0.05) is 17.7 Å². The largest absolute Gasteiger partial charge is 0.388 e. The summed E-state index contributed by atoms with van der Waals surface area (Å²) in [4.78, 5) is 0. The van der Waals surface area contributed by atoms with E-state index in [4.69, 9.17) is 4.74 Å². The molecule has 1 aliphatic rings. The van der Waals surface area contributed by atoms with E-state index in [1.807, 2.05) is 6.92 Å². The molecule has 1 aromatic carbocycles. The van der Waals surface area contributed by atoms with Gasteiger partial charge in [-0.2, -0.15) is 0 Å². The Kier molecular flexibility index (Phi) is 3.56. The topological polar surface area (TPSA) is 29.5 Å². The minimum absolute atomic E-state index is 0.116. The Labute approximate surface area is 95.1 Å². The molecular formula is C13H17FO2. The summed E-state index contributed by atoms with van der Waals surface area (Å²) in [5, 5.41) is 10.2. The van der Waals surface area contributed by atoms with Crippen LogP contribution in [0.25, 0.3) is 0 Å². The van der Waals surface area contributed by atoms with Crippen LogP contribution in [0.2, 0.25) is 0 Å². The third-order valence-corrected chi connectivity index (χ3v) is 3.18. The van der Waals surface area contributed by atoms with E-state index in [9.17, 15) is 9.50 Å². The zero-order valence-corrected chi connectivity index (χ0v) is 9.45. The van der Waals surface area contributed by atoms with E-state index in [2.05, 4.69) is 0 Å². The highest BCUT2D eigenvalue weighted by atomic mass is 19.1. The van der Waals surface area contributed by atoms with Crippen LogP contribution in [-0.4, -0.2) is 18.3 Å². The van der Waals surface area contributed by atoms with Crippen molar-refractivity contribution in [3.8, 4) is 0 Å². The lowest BCUT2D eigenvalue weighted by Crippen LogP contribution is -2.22. The Morgan fingerprint density at radius 3 is 2.75 bits per heavy atom. The van der Waals surface area contributed by atoms with E-state index >= 15 is 0 Å². The highest BCUT2D eigenvalue weighted by Crippen LogP contribution is 2.31. The number of rotatable bonds is 2. The van der Waals surface area contributed by atoms with Gasteiger partial charge in [0.15, 0.2) is 0 Å². The number of hydrogen-bond acceptors (Lipinski definition) is 2. The molecule has 1 unspecified atom stereocenters. The summed E-state index contributed by atoms with van der Waals surface area (Å²) < 4.78 is 18.8. The molecule has 0 bridgehead atoms. The Bertz CT molecular complexity index is 359. The van der Waals surface area contributed by atoms with Gasteiger partial charge in [0.25, 0.3) is 0 Å². The summed E-state index contributed by atoms with van der Waals surface area (Å²) in [6.07, 6.45) is 0.895. The lowest BCUT2D eigenvalue weighted by Gasteiger charge is -2.27. The van der Waals surface area contributed by atoms with Gasteiger partial charge in [-0.15, -0.1) is 0 Å². The summed E-state index contributed by atoms with van der Waals surface area (Å²) in [5.74, 6) is -0.199. The maximum atomic E-state index is 13.6. The third kappa shape index (κ3) is 2.42. The van der Waals surface area contributed by atoms with Crippen molar-refractivity contribution in [2.24, 2.45) is 5.92 Å². The van der Waals surface area contributed by atoms with Crippen LogP contribution in [0, 0.1) is 18.7 Å². The average molecular weight is 224 g/mol. The van der Waals surface area contributed by atoms with Crippen molar-refractivity contribution in [1.29, 1.82) is 0 Å². The highest BCUT2D eigenvalue weighted by molar-refractivity contribution is 5.26. The van der Waals surface area contributed by atoms with Crippen LogP contribution in [0.4, 0.5) is 4.39 Å². The SMILES string of the molecule is Cc1ccc(F)c(C(O)C2CCOCC2)c1. The number of aliphatic hydroxyl groups is 1. The summed E-state index contributed by atoms with van der Waals surface area (Å²) in [5.41, 5.74) is 1.40. The van der Waals surface area contributed by atoms with Crippen LogP contribution >= 0.6 is 0 Å². The maximum absolute atomic E-state index is 13.6. The Hall–Kier alpha value is -0.930. The number of aliphatic hydroxyl groups excluding tert-OH is 1. The molecular weight excluding hydrogens is 207 g/mol. The third-order valence-electron chi connectivity index (χ3n) is 3.18. The molecule has 3 heteroatoms. The summed E-state index contributed by atoms with van der Waals surface area (Å²) >= 11 is 0. The van der Waals surface area contributed by atoms with Gasteiger partial charge < -0.3 is 9.84 Å². The second-order valence-corrected chi connectivity index (χ2v) is 4.42. The molecule has 0 spiro atoms. The molecule has 0 radical (unpaired) electrons. The van der Waals surface area contributed by atoms with Crippen molar-refractivity contribution in [3.05, 3.63) is 35.1 Å². The fourth-order valence-corrected chi connectivity index (χ4v) is 2.18. The zero-order chi connectivity index (χ0) is 11.5. The lowest BCUT2D eigenvalue weighted by molar-refractivity contribution is 0.00588. The van der Waals surface area contributed by atoms with E-state index in [1.54, 1.807) is 12.1 Å². The van der Waals surface area contributed by atoms with E-state index in [0.717, 1.165) is 18.4 Å². The first-order valence-corrected chi connectivity index (χ1v) is 5.70. The first kappa shape index (κ1) is 11.6. The molecule has 16 heavy (non-hydrogen) atoms. The first-order valence-electron chi connectivity index (χ1n) is 5.70. The molecule has 2 rings (SSSR count). The fourth-order valence-electron chi connectivity index (χ4n) is 2.18. The predicted octanol–water partition coefficient (Wildman–Crippen LogP) is 2.59. The first-order chi connectivity index (χ1) is 7.68. The van der Waals surface area contributed by atoms with Gasteiger partial charge in [0.2, 0.25) is 0 Å². The molecule has 0 saturated carbocycles. The van der Waals surface area contributed by atoms with Gasteiger partial charge in [0, 0.05) is 18.8 Å². The van der Waals surface area contributed by atoms with E-state index in [0.29, 0.717) is 18.8 Å². The zero-order valence-electron chi connectivity index (χ0n) is 9.45. The minimum atomic E-state index is -0.705. The standard InChI is InChI=1S/C13H17FO2/c1-9-2-3-12(14)11(8-9)13(15)10-4-6-16-7-5-10/h2-3,8,10,13,15H,4-7H2,1H3. The summed E-state index contributed by atoms with van der Waals surface area (Å²) in [7, 11) is 0. The second-order valence-electron chi connectivity index (χ2n) is 4.42. The Morgan fingerprint density at radius 2 is 2.06 bits per heavy atom. The molecule has 2 nitrogen and oxygen atoms in total. The van der Waals surface area contributed by atoms with Gasteiger partial charge in [-0.05, 0) is 31.7 Å². The lowest BCUT2D eigenvalue weighted by atomic mass is 9.88. The molecule has 0 aliphatic carbocycles. The van der Waals surface area contributed by atoms with Gasteiger partial charge in [0.05, 0.1) is 6.10 Å². The normalized spacial score (nSPS) is 19.7. The maximum Gasteiger partial charge on any atom is 0.129 e. The number of ether oxygens (including phenoxy) is 1. The number of aryl methyl sites for hydroxylation is 1.